The van der Waals surface area contributed by atoms with Crippen molar-refractivity contribution in [3.05, 3.63) is 0 Å². The third-order valence-electron chi connectivity index (χ3n) is 4.62. The zero-order valence-electron chi connectivity index (χ0n) is 12.5. The van der Waals surface area contributed by atoms with E-state index < -0.39 is 0 Å². The number of amides is 1. The highest BCUT2D eigenvalue weighted by molar-refractivity contribution is 5.81. The van der Waals surface area contributed by atoms with E-state index in [4.69, 9.17) is 0 Å². The molecule has 4 nitrogen and oxygen atoms in total. The molecule has 2 saturated heterocycles. The molecule has 0 bridgehead atoms. The minimum Gasteiger partial charge on any atom is -0.341 e. The summed E-state index contributed by atoms with van der Waals surface area (Å²) in [6.07, 6.45) is 7.44. The van der Waals surface area contributed by atoms with E-state index >= 15 is 0 Å². The molecule has 0 aliphatic carbocycles. The van der Waals surface area contributed by atoms with Gasteiger partial charge in [0.05, 0.1) is 6.04 Å². The van der Waals surface area contributed by atoms with Crippen molar-refractivity contribution >= 4 is 5.91 Å². The van der Waals surface area contributed by atoms with Crippen LogP contribution in [-0.2, 0) is 4.79 Å². The maximum atomic E-state index is 12.4. The minimum absolute atomic E-state index is 0.0351. The Morgan fingerprint density at radius 3 is 2.42 bits per heavy atom. The Balaban J connectivity index is 1.74. The second-order valence-corrected chi connectivity index (χ2v) is 6.15. The number of hydrogen-bond donors (Lipinski definition) is 1. The van der Waals surface area contributed by atoms with E-state index in [-0.39, 0.29) is 6.04 Å². The molecular formula is C15H29N3O. The van der Waals surface area contributed by atoms with E-state index in [1.807, 2.05) is 6.92 Å². The number of hydrogen-bond acceptors (Lipinski definition) is 3. The highest BCUT2D eigenvalue weighted by atomic mass is 16.2. The number of nitrogens with zero attached hydrogens (tertiary/aromatic N) is 2. The van der Waals surface area contributed by atoms with Gasteiger partial charge in [0.15, 0.2) is 0 Å². The second kappa shape index (κ2) is 7.25. The molecule has 2 aliphatic heterocycles. The average Bonchev–Trinajstić information content (AvgIpc) is 2.68. The number of nitrogens with one attached hydrogen (secondary N) is 1. The number of likely N-dealkylation sites (N-methyl/N-ethyl adjacent to an activating group) is 1. The molecule has 0 aromatic rings. The predicted molar refractivity (Wildman–Crippen MR) is 78.2 cm³/mol. The van der Waals surface area contributed by atoms with Crippen LogP contribution >= 0.6 is 0 Å². The number of carbonyl (C=O) groups is 1. The molecular weight excluding hydrogens is 238 g/mol. The van der Waals surface area contributed by atoms with Gasteiger partial charge in [0.25, 0.3) is 0 Å². The lowest BCUT2D eigenvalue weighted by Gasteiger charge is -2.27. The summed E-state index contributed by atoms with van der Waals surface area (Å²) in [7, 11) is 2.18. The van der Waals surface area contributed by atoms with Crippen LogP contribution < -0.4 is 5.32 Å². The summed E-state index contributed by atoms with van der Waals surface area (Å²) >= 11 is 0. The molecule has 2 fully saturated rings. The van der Waals surface area contributed by atoms with Gasteiger partial charge in [-0.05, 0) is 46.2 Å². The number of likely N-dealkylation sites (tertiary alicyclic amines) is 2. The van der Waals surface area contributed by atoms with Gasteiger partial charge in [-0.1, -0.05) is 12.8 Å². The first-order valence-electron chi connectivity index (χ1n) is 7.91. The van der Waals surface area contributed by atoms with Crippen LogP contribution in [-0.4, -0.2) is 61.0 Å². The first-order chi connectivity index (χ1) is 9.18. The fourth-order valence-corrected chi connectivity index (χ4v) is 3.20. The summed E-state index contributed by atoms with van der Waals surface area (Å²) in [4.78, 5) is 16.8. The Kier molecular flexibility index (Phi) is 5.64. The zero-order chi connectivity index (χ0) is 13.7. The fraction of sp³-hybridized carbons (Fsp3) is 0.933. The summed E-state index contributed by atoms with van der Waals surface area (Å²) in [6, 6.07) is 0.575. The zero-order valence-corrected chi connectivity index (χ0v) is 12.5. The van der Waals surface area contributed by atoms with E-state index in [0.29, 0.717) is 11.9 Å². The Morgan fingerprint density at radius 2 is 1.84 bits per heavy atom. The van der Waals surface area contributed by atoms with Crippen molar-refractivity contribution in [1.29, 1.82) is 0 Å². The normalized spacial score (nSPS) is 27.3. The Hall–Kier alpha value is -0.610. The highest BCUT2D eigenvalue weighted by Crippen LogP contribution is 2.14. The van der Waals surface area contributed by atoms with E-state index in [1.165, 1.54) is 45.1 Å². The molecule has 110 valence electrons. The largest absolute Gasteiger partial charge is 0.341 e. The third kappa shape index (κ3) is 4.18. The molecule has 1 amide bonds. The van der Waals surface area contributed by atoms with Gasteiger partial charge in [-0.2, -0.15) is 0 Å². The molecule has 2 atom stereocenters. The fourth-order valence-electron chi connectivity index (χ4n) is 3.20. The molecule has 2 unspecified atom stereocenters. The summed E-state index contributed by atoms with van der Waals surface area (Å²) in [5, 5.41) is 3.44. The standard InChI is InChI=1S/C15H29N3O/c1-13(16-12-14-8-7-9-17(14)2)15(19)18-10-5-3-4-6-11-18/h13-14,16H,3-12H2,1-2H3. The second-order valence-electron chi connectivity index (χ2n) is 6.15. The lowest BCUT2D eigenvalue weighted by atomic mass is 10.2. The van der Waals surface area contributed by atoms with Crippen LogP contribution in [0.2, 0.25) is 0 Å². The Bertz CT molecular complexity index is 287. The van der Waals surface area contributed by atoms with Gasteiger partial charge in [0.2, 0.25) is 5.91 Å². The van der Waals surface area contributed by atoms with Crippen LogP contribution in [0.25, 0.3) is 0 Å². The molecule has 4 heteroatoms. The van der Waals surface area contributed by atoms with Gasteiger partial charge in [-0.15, -0.1) is 0 Å². The smallest absolute Gasteiger partial charge is 0.239 e. The summed E-state index contributed by atoms with van der Waals surface area (Å²) in [5.41, 5.74) is 0. The predicted octanol–water partition coefficient (Wildman–Crippen LogP) is 1.46. The molecule has 2 rings (SSSR count). The quantitative estimate of drug-likeness (QED) is 0.837. The maximum absolute atomic E-state index is 12.4. The lowest BCUT2D eigenvalue weighted by molar-refractivity contribution is -0.133. The van der Waals surface area contributed by atoms with Gasteiger partial charge in [-0.3, -0.25) is 4.79 Å². The van der Waals surface area contributed by atoms with Crippen LogP contribution in [0.4, 0.5) is 0 Å². The summed E-state index contributed by atoms with van der Waals surface area (Å²) in [5.74, 6) is 0.294. The first kappa shape index (κ1) is 14.8. The third-order valence-corrected chi connectivity index (χ3v) is 4.62. The number of carbonyl (C=O) groups excluding carboxylic acids is 1. The molecule has 0 aromatic carbocycles. The average molecular weight is 267 g/mol. The van der Waals surface area contributed by atoms with Crippen molar-refractivity contribution in [3.8, 4) is 0 Å². The maximum Gasteiger partial charge on any atom is 0.239 e. The van der Waals surface area contributed by atoms with Gasteiger partial charge < -0.3 is 15.1 Å². The molecule has 2 heterocycles. The van der Waals surface area contributed by atoms with E-state index in [1.54, 1.807) is 0 Å². The molecule has 0 saturated carbocycles. The summed E-state index contributed by atoms with van der Waals surface area (Å²) < 4.78 is 0. The molecule has 0 aromatic heterocycles. The van der Waals surface area contributed by atoms with Gasteiger partial charge >= 0.3 is 0 Å². The van der Waals surface area contributed by atoms with Crippen molar-refractivity contribution in [3.63, 3.8) is 0 Å². The summed E-state index contributed by atoms with van der Waals surface area (Å²) in [6.45, 7) is 6.06. The Labute approximate surface area is 117 Å². The minimum atomic E-state index is -0.0351. The van der Waals surface area contributed by atoms with Crippen LogP contribution in [0.3, 0.4) is 0 Å². The van der Waals surface area contributed by atoms with Crippen LogP contribution in [0.15, 0.2) is 0 Å². The first-order valence-corrected chi connectivity index (χ1v) is 7.91. The molecule has 1 N–H and O–H groups in total. The lowest BCUT2D eigenvalue weighted by Crippen LogP contribution is -2.48. The van der Waals surface area contributed by atoms with E-state index in [0.717, 1.165) is 19.6 Å². The molecule has 0 spiro atoms. The monoisotopic (exact) mass is 267 g/mol. The van der Waals surface area contributed by atoms with Crippen LogP contribution in [0.5, 0.6) is 0 Å². The van der Waals surface area contributed by atoms with Gasteiger partial charge in [0.1, 0.15) is 0 Å². The van der Waals surface area contributed by atoms with Crippen molar-refractivity contribution in [1.82, 2.24) is 15.1 Å². The van der Waals surface area contributed by atoms with Crippen molar-refractivity contribution in [2.45, 2.75) is 57.5 Å². The van der Waals surface area contributed by atoms with Gasteiger partial charge in [-0.25, -0.2) is 0 Å². The molecule has 2 aliphatic rings. The highest BCUT2D eigenvalue weighted by Gasteiger charge is 2.24. The van der Waals surface area contributed by atoms with Crippen LogP contribution in [0.1, 0.15) is 45.4 Å². The SMILES string of the molecule is CC(NCC1CCCN1C)C(=O)N1CCCCCC1. The molecule has 19 heavy (non-hydrogen) atoms. The van der Waals surface area contributed by atoms with E-state index in [9.17, 15) is 4.79 Å². The number of rotatable bonds is 4. The van der Waals surface area contributed by atoms with Crippen molar-refractivity contribution in [2.24, 2.45) is 0 Å². The Morgan fingerprint density at radius 1 is 1.16 bits per heavy atom. The van der Waals surface area contributed by atoms with Gasteiger partial charge in [0, 0.05) is 25.7 Å². The van der Waals surface area contributed by atoms with Crippen molar-refractivity contribution < 1.29 is 4.79 Å². The van der Waals surface area contributed by atoms with Crippen molar-refractivity contribution in [2.75, 3.05) is 33.2 Å². The van der Waals surface area contributed by atoms with E-state index in [2.05, 4.69) is 22.2 Å². The molecule has 0 radical (unpaired) electrons. The van der Waals surface area contributed by atoms with Crippen LogP contribution in [0, 0.1) is 0 Å². The topological polar surface area (TPSA) is 35.6 Å².